The average Bonchev–Trinajstić information content (AvgIpc) is 2.62. The van der Waals surface area contributed by atoms with E-state index in [9.17, 15) is 4.79 Å². The summed E-state index contributed by atoms with van der Waals surface area (Å²) >= 11 is 0. The first-order chi connectivity index (χ1) is 8.74. The molecule has 1 unspecified atom stereocenters. The Bertz CT molecular complexity index is 384. The van der Waals surface area contributed by atoms with Gasteiger partial charge in [-0.15, -0.1) is 0 Å². The standard InChI is InChI=1S/C12H19N3O3/c1-9-4-11(18-15-9)5-12(16)14-7-10-6-13-2-3-17-8-10/h4,10,13H,2-3,5-8H2,1H3,(H,14,16). The summed E-state index contributed by atoms with van der Waals surface area (Å²) in [5.41, 5.74) is 0.791. The molecule has 0 saturated carbocycles. The number of rotatable bonds is 4. The third kappa shape index (κ3) is 4.12. The van der Waals surface area contributed by atoms with Crippen LogP contribution in [0.2, 0.25) is 0 Å². The van der Waals surface area contributed by atoms with E-state index in [1.54, 1.807) is 6.07 Å². The Hall–Kier alpha value is -1.40. The third-order valence-corrected chi connectivity index (χ3v) is 2.81. The Morgan fingerprint density at radius 1 is 1.67 bits per heavy atom. The van der Waals surface area contributed by atoms with Gasteiger partial charge in [-0.05, 0) is 6.92 Å². The van der Waals surface area contributed by atoms with Gasteiger partial charge >= 0.3 is 0 Å². The second-order valence-electron chi connectivity index (χ2n) is 4.56. The first-order valence-corrected chi connectivity index (χ1v) is 6.21. The van der Waals surface area contributed by atoms with Crippen LogP contribution in [0.15, 0.2) is 10.6 Å². The smallest absolute Gasteiger partial charge is 0.227 e. The van der Waals surface area contributed by atoms with Crippen molar-refractivity contribution in [2.45, 2.75) is 13.3 Å². The molecule has 1 amide bonds. The summed E-state index contributed by atoms with van der Waals surface area (Å²) in [6.07, 6.45) is 0.238. The van der Waals surface area contributed by atoms with Crippen molar-refractivity contribution in [3.8, 4) is 0 Å². The van der Waals surface area contributed by atoms with Crippen molar-refractivity contribution in [2.75, 3.05) is 32.8 Å². The summed E-state index contributed by atoms with van der Waals surface area (Å²) in [6, 6.07) is 1.77. The van der Waals surface area contributed by atoms with Crippen LogP contribution in [0.5, 0.6) is 0 Å². The predicted octanol–water partition coefficient (Wildman–Crippen LogP) is -0.122. The molecule has 100 valence electrons. The fraction of sp³-hybridized carbons (Fsp3) is 0.667. The van der Waals surface area contributed by atoms with Crippen LogP contribution in [0.25, 0.3) is 0 Å². The molecule has 1 aromatic heterocycles. The molecular weight excluding hydrogens is 234 g/mol. The first kappa shape index (κ1) is 13.0. The minimum atomic E-state index is -0.0459. The highest BCUT2D eigenvalue weighted by Crippen LogP contribution is 2.03. The van der Waals surface area contributed by atoms with E-state index in [1.165, 1.54) is 0 Å². The lowest BCUT2D eigenvalue weighted by atomic mass is 10.1. The minimum absolute atomic E-state index is 0.0459. The SMILES string of the molecule is Cc1cc(CC(=O)NCC2CNCCOC2)on1. The molecule has 1 atom stereocenters. The summed E-state index contributed by atoms with van der Waals surface area (Å²) in [7, 11) is 0. The monoisotopic (exact) mass is 253 g/mol. The van der Waals surface area contributed by atoms with Gasteiger partial charge in [-0.1, -0.05) is 5.16 Å². The van der Waals surface area contributed by atoms with Crippen molar-refractivity contribution in [1.29, 1.82) is 0 Å². The van der Waals surface area contributed by atoms with Crippen LogP contribution in [-0.2, 0) is 16.0 Å². The van der Waals surface area contributed by atoms with E-state index < -0.39 is 0 Å². The molecule has 1 aromatic rings. The summed E-state index contributed by atoms with van der Waals surface area (Å²) in [5.74, 6) is 0.878. The van der Waals surface area contributed by atoms with Gasteiger partial charge in [0.05, 0.1) is 25.3 Å². The molecule has 6 heteroatoms. The van der Waals surface area contributed by atoms with Crippen LogP contribution in [0, 0.1) is 12.8 Å². The van der Waals surface area contributed by atoms with Gasteiger partial charge in [-0.3, -0.25) is 4.79 Å². The molecule has 1 saturated heterocycles. The van der Waals surface area contributed by atoms with Gasteiger partial charge in [0.15, 0.2) is 0 Å². The summed E-state index contributed by atoms with van der Waals surface area (Å²) < 4.78 is 10.4. The molecule has 2 rings (SSSR count). The lowest BCUT2D eigenvalue weighted by molar-refractivity contribution is -0.121. The van der Waals surface area contributed by atoms with Crippen molar-refractivity contribution < 1.29 is 14.1 Å². The molecule has 0 spiro atoms. The van der Waals surface area contributed by atoms with Crippen LogP contribution < -0.4 is 10.6 Å². The lowest BCUT2D eigenvalue weighted by Gasteiger charge is -2.14. The number of hydrogen-bond donors (Lipinski definition) is 2. The number of hydrogen-bond acceptors (Lipinski definition) is 5. The second kappa shape index (κ2) is 6.51. The largest absolute Gasteiger partial charge is 0.380 e. The average molecular weight is 253 g/mol. The van der Waals surface area contributed by atoms with Gasteiger partial charge < -0.3 is 19.9 Å². The molecule has 1 aliphatic heterocycles. The number of carbonyl (C=O) groups is 1. The predicted molar refractivity (Wildman–Crippen MR) is 65.1 cm³/mol. The molecule has 0 aliphatic carbocycles. The number of aryl methyl sites for hydroxylation is 1. The summed E-state index contributed by atoms with van der Waals surface area (Å²) in [5, 5.41) is 9.91. The molecule has 2 N–H and O–H groups in total. The Morgan fingerprint density at radius 3 is 3.33 bits per heavy atom. The highest BCUT2D eigenvalue weighted by molar-refractivity contribution is 5.77. The minimum Gasteiger partial charge on any atom is -0.380 e. The van der Waals surface area contributed by atoms with E-state index in [4.69, 9.17) is 9.26 Å². The second-order valence-corrected chi connectivity index (χ2v) is 4.56. The highest BCUT2D eigenvalue weighted by Gasteiger charge is 2.14. The van der Waals surface area contributed by atoms with Crippen LogP contribution in [0.1, 0.15) is 11.5 Å². The zero-order valence-electron chi connectivity index (χ0n) is 10.6. The van der Waals surface area contributed by atoms with Gasteiger partial charge in [-0.2, -0.15) is 0 Å². The summed E-state index contributed by atoms with van der Waals surface area (Å²) in [6.45, 7) is 5.64. The maximum atomic E-state index is 11.7. The molecule has 1 fully saturated rings. The quantitative estimate of drug-likeness (QED) is 0.782. The Kier molecular flexibility index (Phi) is 4.72. The molecule has 0 radical (unpaired) electrons. The Morgan fingerprint density at radius 2 is 2.56 bits per heavy atom. The van der Waals surface area contributed by atoms with Gasteiger partial charge in [0.2, 0.25) is 5.91 Å². The van der Waals surface area contributed by atoms with Crippen molar-refractivity contribution in [1.82, 2.24) is 15.8 Å². The van der Waals surface area contributed by atoms with E-state index in [-0.39, 0.29) is 12.3 Å². The number of amides is 1. The zero-order valence-corrected chi connectivity index (χ0v) is 10.6. The van der Waals surface area contributed by atoms with Crippen molar-refractivity contribution in [3.63, 3.8) is 0 Å². The normalized spacial score (nSPS) is 20.4. The van der Waals surface area contributed by atoms with Crippen molar-refractivity contribution in [2.24, 2.45) is 5.92 Å². The fourth-order valence-electron chi connectivity index (χ4n) is 1.87. The molecular formula is C12H19N3O3. The maximum Gasteiger partial charge on any atom is 0.227 e. The summed E-state index contributed by atoms with van der Waals surface area (Å²) in [4.78, 5) is 11.7. The number of nitrogens with zero attached hydrogens (tertiary/aromatic N) is 1. The van der Waals surface area contributed by atoms with Crippen molar-refractivity contribution >= 4 is 5.91 Å². The third-order valence-electron chi connectivity index (χ3n) is 2.81. The Labute approximate surface area is 106 Å². The fourth-order valence-corrected chi connectivity index (χ4v) is 1.87. The zero-order chi connectivity index (χ0) is 12.8. The first-order valence-electron chi connectivity index (χ1n) is 6.21. The van der Waals surface area contributed by atoms with Gasteiger partial charge in [0.1, 0.15) is 5.76 Å². The van der Waals surface area contributed by atoms with Gasteiger partial charge in [0, 0.05) is 31.6 Å². The molecule has 18 heavy (non-hydrogen) atoms. The van der Waals surface area contributed by atoms with Crippen LogP contribution >= 0.6 is 0 Å². The highest BCUT2D eigenvalue weighted by atomic mass is 16.5. The molecule has 0 bridgehead atoms. The van der Waals surface area contributed by atoms with E-state index >= 15 is 0 Å². The lowest BCUT2D eigenvalue weighted by Crippen LogP contribution is -2.35. The van der Waals surface area contributed by atoms with E-state index in [1.807, 2.05) is 6.92 Å². The van der Waals surface area contributed by atoms with E-state index in [0.29, 0.717) is 24.8 Å². The Balaban J connectivity index is 1.70. The van der Waals surface area contributed by atoms with E-state index in [2.05, 4.69) is 15.8 Å². The number of ether oxygens (including phenoxy) is 1. The maximum absolute atomic E-state index is 11.7. The number of nitrogens with one attached hydrogen (secondary N) is 2. The van der Waals surface area contributed by atoms with E-state index in [0.717, 1.165) is 25.4 Å². The van der Waals surface area contributed by atoms with Gasteiger partial charge in [0.25, 0.3) is 0 Å². The topological polar surface area (TPSA) is 76.4 Å². The van der Waals surface area contributed by atoms with Crippen LogP contribution in [0.4, 0.5) is 0 Å². The molecule has 6 nitrogen and oxygen atoms in total. The number of carbonyl (C=O) groups excluding carboxylic acids is 1. The van der Waals surface area contributed by atoms with Gasteiger partial charge in [-0.25, -0.2) is 0 Å². The van der Waals surface area contributed by atoms with Crippen LogP contribution in [0.3, 0.4) is 0 Å². The molecule has 1 aliphatic rings. The van der Waals surface area contributed by atoms with Crippen LogP contribution in [-0.4, -0.2) is 43.9 Å². The van der Waals surface area contributed by atoms with Crippen molar-refractivity contribution in [3.05, 3.63) is 17.5 Å². The molecule has 2 heterocycles. The molecule has 0 aromatic carbocycles. The number of aromatic nitrogens is 1.